The smallest absolute Gasteiger partial charge is 0.327 e. The Morgan fingerprint density at radius 2 is 2.07 bits per heavy atom. The fraction of sp³-hybridized carbons (Fsp3) is 0.526. The Labute approximate surface area is 173 Å². The average Bonchev–Trinajstić information content (AvgIpc) is 3.36. The summed E-state index contributed by atoms with van der Waals surface area (Å²) >= 11 is 1.75. The van der Waals surface area contributed by atoms with Crippen LogP contribution in [0.2, 0.25) is 0 Å². The molecule has 3 heterocycles. The number of hydrogen-bond donors (Lipinski definition) is 1. The van der Waals surface area contributed by atoms with Crippen LogP contribution in [0.5, 0.6) is 0 Å². The lowest BCUT2D eigenvalue weighted by Crippen LogP contribution is -3.15. The van der Waals surface area contributed by atoms with Crippen LogP contribution in [0.3, 0.4) is 0 Å². The minimum Gasteiger partial charge on any atom is -0.465 e. The minimum atomic E-state index is -0.313. The molecule has 154 valence electrons. The fourth-order valence-electron chi connectivity index (χ4n) is 3.89. The topological polar surface area (TPSA) is 90.5 Å². The van der Waals surface area contributed by atoms with Crippen molar-refractivity contribution in [3.8, 4) is 0 Å². The summed E-state index contributed by atoms with van der Waals surface area (Å²) < 4.78 is 7.85. The Balaban J connectivity index is 1.43. The van der Waals surface area contributed by atoms with Gasteiger partial charge in [0.15, 0.2) is 5.13 Å². The van der Waals surface area contributed by atoms with Crippen molar-refractivity contribution in [3.63, 3.8) is 0 Å². The van der Waals surface area contributed by atoms with E-state index < -0.39 is 0 Å². The zero-order valence-electron chi connectivity index (χ0n) is 16.7. The maximum Gasteiger partial charge on any atom is 0.327 e. The van der Waals surface area contributed by atoms with Gasteiger partial charge in [0.25, 0.3) is 0 Å². The molecule has 0 amide bonds. The third-order valence-electron chi connectivity index (χ3n) is 5.32. The van der Waals surface area contributed by atoms with Crippen LogP contribution in [0.4, 0.5) is 5.13 Å². The molecule has 10 heteroatoms. The van der Waals surface area contributed by atoms with E-state index in [4.69, 9.17) is 9.72 Å². The molecule has 0 unspecified atom stereocenters. The van der Waals surface area contributed by atoms with Gasteiger partial charge >= 0.3 is 5.97 Å². The highest BCUT2D eigenvalue weighted by atomic mass is 32.1. The number of nitrogens with one attached hydrogen (secondary N) is 1. The molecule has 9 nitrogen and oxygen atoms in total. The molecule has 1 aromatic carbocycles. The highest BCUT2D eigenvalue weighted by Gasteiger charge is 2.32. The molecule has 1 N–H and O–H groups in total. The molecule has 1 atom stereocenters. The number of benzene rings is 1. The van der Waals surface area contributed by atoms with Gasteiger partial charge in [0.05, 0.1) is 43.0 Å². The predicted molar refractivity (Wildman–Crippen MR) is 110 cm³/mol. The van der Waals surface area contributed by atoms with E-state index >= 15 is 0 Å². The molecule has 4 rings (SSSR count). The highest BCUT2D eigenvalue weighted by Crippen LogP contribution is 2.28. The zero-order chi connectivity index (χ0) is 20.2. The molecule has 0 radical (unpaired) electrons. The molecule has 0 saturated carbocycles. The number of fused-ring (bicyclic) bond motifs is 1. The van der Waals surface area contributed by atoms with Crippen LogP contribution in [0, 0.1) is 0 Å². The normalized spacial score (nSPS) is 16.3. The monoisotopic (exact) mass is 416 g/mol. The standard InChI is InChI=1S/C19H25N7O2S/c1-3-15(18-21-22-23-26(18)13-17(27)28-4-2)24-9-11-25(12-10-24)19-20-14-7-5-6-8-16(14)29-19/h5-8,15H,3-4,9-13H2,1-2H3/p+1/t15-/m0/s1. The maximum atomic E-state index is 11.9. The second kappa shape index (κ2) is 8.83. The number of anilines is 1. The molecule has 2 aromatic heterocycles. The first-order chi connectivity index (χ1) is 14.2. The SMILES string of the molecule is CCOC(=O)Cn1nnnc1[C@H](CC)[NH+]1CCN(c2nc3ccccc3s2)CC1. The minimum absolute atomic E-state index is 0.0534. The van der Waals surface area contributed by atoms with E-state index in [9.17, 15) is 4.79 Å². The Bertz CT molecular complexity index is 931. The van der Waals surface area contributed by atoms with Crippen LogP contribution < -0.4 is 9.80 Å². The average molecular weight is 417 g/mol. The number of rotatable bonds is 7. The first-order valence-corrected chi connectivity index (χ1v) is 10.9. The van der Waals surface area contributed by atoms with Crippen molar-refractivity contribution >= 4 is 32.7 Å². The number of para-hydroxylation sites is 1. The molecule has 3 aromatic rings. The molecule has 1 aliphatic heterocycles. The number of quaternary nitrogens is 1. The summed E-state index contributed by atoms with van der Waals surface area (Å²) in [5.41, 5.74) is 1.06. The van der Waals surface area contributed by atoms with Crippen molar-refractivity contribution in [2.24, 2.45) is 0 Å². The molecular weight excluding hydrogens is 390 g/mol. The van der Waals surface area contributed by atoms with Gasteiger partial charge in [0.1, 0.15) is 12.6 Å². The number of hydrogen-bond acceptors (Lipinski definition) is 8. The van der Waals surface area contributed by atoms with Crippen LogP contribution in [0.1, 0.15) is 32.1 Å². The summed E-state index contributed by atoms with van der Waals surface area (Å²) in [6.45, 7) is 8.16. The zero-order valence-corrected chi connectivity index (χ0v) is 17.6. The van der Waals surface area contributed by atoms with Crippen LogP contribution >= 0.6 is 11.3 Å². The summed E-state index contributed by atoms with van der Waals surface area (Å²) in [6, 6.07) is 8.41. The Morgan fingerprint density at radius 3 is 2.79 bits per heavy atom. The molecule has 0 spiro atoms. The van der Waals surface area contributed by atoms with Crippen molar-refractivity contribution in [2.75, 3.05) is 37.7 Å². The van der Waals surface area contributed by atoms with E-state index in [1.54, 1.807) is 22.9 Å². The van der Waals surface area contributed by atoms with E-state index in [-0.39, 0.29) is 18.6 Å². The van der Waals surface area contributed by atoms with Gasteiger partial charge in [-0.1, -0.05) is 30.4 Å². The number of aromatic nitrogens is 5. The number of esters is 1. The van der Waals surface area contributed by atoms with E-state index in [0.717, 1.165) is 49.1 Å². The van der Waals surface area contributed by atoms with Crippen molar-refractivity contribution in [1.82, 2.24) is 25.2 Å². The molecule has 1 aliphatic rings. The summed E-state index contributed by atoms with van der Waals surface area (Å²) in [7, 11) is 0. The third kappa shape index (κ3) is 4.23. The first kappa shape index (κ1) is 19.7. The predicted octanol–water partition coefficient (Wildman–Crippen LogP) is 0.702. The largest absolute Gasteiger partial charge is 0.465 e. The number of carbonyl (C=O) groups is 1. The molecule has 29 heavy (non-hydrogen) atoms. The number of tetrazole rings is 1. The van der Waals surface area contributed by atoms with Gasteiger partial charge in [-0.15, -0.1) is 5.10 Å². The van der Waals surface area contributed by atoms with Gasteiger partial charge in [-0.25, -0.2) is 9.67 Å². The van der Waals surface area contributed by atoms with Crippen molar-refractivity contribution in [3.05, 3.63) is 30.1 Å². The lowest BCUT2D eigenvalue weighted by atomic mass is 10.1. The fourth-order valence-corrected chi connectivity index (χ4v) is 4.90. The molecule has 0 bridgehead atoms. The second-order valence-corrected chi connectivity index (χ2v) is 8.08. The Kier molecular flexibility index (Phi) is 6.00. The van der Waals surface area contributed by atoms with Gasteiger partial charge in [-0.05, 0) is 29.5 Å². The summed E-state index contributed by atoms with van der Waals surface area (Å²) in [5.74, 6) is 0.440. The lowest BCUT2D eigenvalue weighted by molar-refractivity contribution is -0.933. The van der Waals surface area contributed by atoms with Gasteiger partial charge in [0, 0.05) is 6.42 Å². The van der Waals surface area contributed by atoms with Gasteiger partial charge in [-0.3, -0.25) is 4.79 Å². The number of thiazole rings is 1. The van der Waals surface area contributed by atoms with E-state index in [2.05, 4.69) is 45.5 Å². The van der Waals surface area contributed by atoms with Crippen LogP contribution in [-0.2, 0) is 16.1 Å². The quantitative estimate of drug-likeness (QED) is 0.567. The van der Waals surface area contributed by atoms with Gasteiger partial charge in [0.2, 0.25) is 5.82 Å². The second-order valence-electron chi connectivity index (χ2n) is 7.07. The van der Waals surface area contributed by atoms with Crippen LogP contribution in [0.15, 0.2) is 24.3 Å². The molecule has 1 fully saturated rings. The number of carbonyl (C=O) groups excluding carboxylic acids is 1. The first-order valence-electron chi connectivity index (χ1n) is 10.1. The van der Waals surface area contributed by atoms with Crippen molar-refractivity contribution in [1.29, 1.82) is 0 Å². The molecular formula is C19H26N7O2S+. The number of ether oxygens (including phenoxy) is 1. The van der Waals surface area contributed by atoms with Gasteiger partial charge in [-0.2, -0.15) is 0 Å². The Morgan fingerprint density at radius 1 is 1.28 bits per heavy atom. The van der Waals surface area contributed by atoms with E-state index in [0.29, 0.717) is 6.61 Å². The molecule has 1 saturated heterocycles. The van der Waals surface area contributed by atoms with Gasteiger partial charge < -0.3 is 14.5 Å². The van der Waals surface area contributed by atoms with E-state index in [1.807, 2.05) is 6.07 Å². The summed E-state index contributed by atoms with van der Waals surface area (Å²) in [4.78, 5) is 20.5. The third-order valence-corrected chi connectivity index (χ3v) is 6.41. The lowest BCUT2D eigenvalue weighted by Gasteiger charge is -2.35. The number of piperazine rings is 1. The Hall–Kier alpha value is -2.59. The highest BCUT2D eigenvalue weighted by molar-refractivity contribution is 7.22. The van der Waals surface area contributed by atoms with Crippen LogP contribution in [0.25, 0.3) is 10.2 Å². The molecule has 0 aliphatic carbocycles. The summed E-state index contributed by atoms with van der Waals surface area (Å²) in [6.07, 6.45) is 0.902. The van der Waals surface area contributed by atoms with Crippen molar-refractivity contribution in [2.45, 2.75) is 32.9 Å². The van der Waals surface area contributed by atoms with Crippen LogP contribution in [-0.4, -0.2) is 63.9 Å². The van der Waals surface area contributed by atoms with E-state index in [1.165, 1.54) is 9.60 Å². The van der Waals surface area contributed by atoms with Crippen molar-refractivity contribution < 1.29 is 14.4 Å². The number of nitrogens with zero attached hydrogens (tertiary/aromatic N) is 6. The maximum absolute atomic E-state index is 11.9. The summed E-state index contributed by atoms with van der Waals surface area (Å²) in [5, 5.41) is 13.1.